The third kappa shape index (κ3) is 10.3. The standard InChI is InChI=1S/C53H63N11O8/c1-32(70-3)46(59-52(67)68)50(65)62-27-9-11-43(62)48-55-30-39(57-48)34-13-17-36(18-14-34)41-22-23-42(64(41)38-21-24-45(54-29-38)61-25-7-6-8-26-61)37-19-15-35(16-20-37)40-31-56-49(58-40)44-12-10-28-63(44)51(66)47(33(2)71-4)60-53(69)72-5/h13-24,29-33,43-44,46-47,59H,6-12,25-28H2,1-5H3,(H,55,57)(H,56,58)(H,60,69)(H,67,68)/t32-,33-,43+,44+,46+,47+/m1/s1. The van der Waals surface area contributed by atoms with Crippen LogP contribution in [0.25, 0.3) is 50.7 Å². The fraction of sp³-hybridized carbons (Fsp3) is 0.415. The molecule has 0 saturated carbocycles. The second-order valence-electron chi connectivity index (χ2n) is 18.7. The largest absolute Gasteiger partial charge is 0.465 e. The molecule has 72 heavy (non-hydrogen) atoms. The van der Waals surface area contributed by atoms with Gasteiger partial charge in [0.1, 0.15) is 29.6 Å². The average Bonchev–Trinajstić information content (AvgIpc) is 4.29. The fourth-order valence-electron chi connectivity index (χ4n) is 10.3. The predicted octanol–water partition coefficient (Wildman–Crippen LogP) is 7.73. The van der Waals surface area contributed by atoms with Gasteiger partial charge >= 0.3 is 12.2 Å². The van der Waals surface area contributed by atoms with Crippen LogP contribution < -0.4 is 15.5 Å². The Morgan fingerprint density at radius 2 is 1.08 bits per heavy atom. The summed E-state index contributed by atoms with van der Waals surface area (Å²) in [4.78, 5) is 78.4. The summed E-state index contributed by atoms with van der Waals surface area (Å²) >= 11 is 0. The number of likely N-dealkylation sites (tertiary alicyclic amines) is 2. The molecule has 0 bridgehead atoms. The number of imidazole rings is 2. The number of rotatable bonds is 16. The molecular formula is C53H63N11O8. The molecule has 4 amide bonds. The van der Waals surface area contributed by atoms with Crippen LogP contribution in [0.5, 0.6) is 0 Å². The summed E-state index contributed by atoms with van der Waals surface area (Å²) < 4.78 is 17.8. The molecule has 0 radical (unpaired) electrons. The minimum atomic E-state index is -1.29. The van der Waals surface area contributed by atoms with E-state index >= 15 is 0 Å². The zero-order valence-electron chi connectivity index (χ0n) is 41.3. The van der Waals surface area contributed by atoms with E-state index in [0.29, 0.717) is 31.2 Å². The van der Waals surface area contributed by atoms with Crippen LogP contribution in [0.1, 0.15) is 82.5 Å². The Morgan fingerprint density at radius 1 is 0.597 bits per heavy atom. The number of piperidine rings is 1. The lowest BCUT2D eigenvalue weighted by molar-refractivity contribution is -0.138. The molecule has 2 aromatic carbocycles. The Hall–Kier alpha value is -7.51. The average molecular weight is 982 g/mol. The number of aromatic amines is 2. The van der Waals surface area contributed by atoms with Crippen LogP contribution in [-0.2, 0) is 23.8 Å². The maximum atomic E-state index is 13.8. The normalized spacial score (nSPS) is 18.7. The molecule has 9 rings (SSSR count). The lowest BCUT2D eigenvalue weighted by atomic mass is 10.1. The van der Waals surface area contributed by atoms with Gasteiger partial charge in [0.15, 0.2) is 0 Å². The highest BCUT2D eigenvalue weighted by Gasteiger charge is 2.40. The van der Waals surface area contributed by atoms with Gasteiger partial charge < -0.3 is 59.2 Å². The smallest absolute Gasteiger partial charge is 0.407 e. The number of nitrogens with one attached hydrogen (secondary N) is 4. The maximum Gasteiger partial charge on any atom is 0.407 e. The zero-order valence-corrected chi connectivity index (χ0v) is 41.3. The molecule has 19 nitrogen and oxygen atoms in total. The van der Waals surface area contributed by atoms with Crippen molar-refractivity contribution in [2.75, 3.05) is 52.4 Å². The number of alkyl carbamates (subject to hydrolysis) is 1. The van der Waals surface area contributed by atoms with E-state index in [1.807, 2.05) is 6.20 Å². The Bertz CT molecular complexity index is 2840. The van der Waals surface area contributed by atoms with Gasteiger partial charge in [0.05, 0.1) is 78.5 Å². The van der Waals surface area contributed by atoms with E-state index in [1.165, 1.54) is 27.8 Å². The van der Waals surface area contributed by atoms with Gasteiger partial charge in [-0.05, 0) is 105 Å². The van der Waals surface area contributed by atoms with Crippen LogP contribution in [0, 0.1) is 0 Å². The molecule has 4 aromatic heterocycles. The first kappa shape index (κ1) is 49.5. The lowest BCUT2D eigenvalue weighted by Crippen LogP contribution is -2.54. The van der Waals surface area contributed by atoms with Crippen LogP contribution in [0.15, 0.2) is 91.4 Å². The number of aromatic nitrogens is 6. The van der Waals surface area contributed by atoms with Gasteiger partial charge in [0, 0.05) is 40.4 Å². The Morgan fingerprint density at radius 3 is 1.53 bits per heavy atom. The highest BCUT2D eigenvalue weighted by molar-refractivity contribution is 5.87. The number of carboxylic acid groups (broad SMARTS) is 1. The molecule has 19 heteroatoms. The van der Waals surface area contributed by atoms with Gasteiger partial charge in [0.25, 0.3) is 0 Å². The van der Waals surface area contributed by atoms with E-state index < -0.39 is 36.5 Å². The number of pyridine rings is 1. The molecule has 7 heterocycles. The summed E-state index contributed by atoms with van der Waals surface area (Å²) in [5.74, 6) is 1.68. The third-order valence-electron chi connectivity index (χ3n) is 14.4. The van der Waals surface area contributed by atoms with Crippen molar-refractivity contribution in [1.82, 2.24) is 49.9 Å². The van der Waals surface area contributed by atoms with Gasteiger partial charge in [-0.2, -0.15) is 0 Å². The van der Waals surface area contributed by atoms with Crippen LogP contribution in [0.4, 0.5) is 15.4 Å². The zero-order chi connectivity index (χ0) is 50.5. The topological polar surface area (TPSA) is 225 Å². The van der Waals surface area contributed by atoms with E-state index in [4.69, 9.17) is 29.2 Å². The Kier molecular flexibility index (Phi) is 15.0. The van der Waals surface area contributed by atoms with Crippen molar-refractivity contribution in [3.05, 3.63) is 103 Å². The summed E-state index contributed by atoms with van der Waals surface area (Å²) in [6, 6.07) is 22.5. The van der Waals surface area contributed by atoms with Crippen molar-refractivity contribution in [2.24, 2.45) is 0 Å². The van der Waals surface area contributed by atoms with Crippen molar-refractivity contribution in [3.8, 4) is 50.7 Å². The van der Waals surface area contributed by atoms with Gasteiger partial charge in [-0.15, -0.1) is 0 Å². The van der Waals surface area contributed by atoms with E-state index in [-0.39, 0.29) is 23.9 Å². The molecule has 3 saturated heterocycles. The van der Waals surface area contributed by atoms with E-state index in [2.05, 4.69) is 103 Å². The number of benzene rings is 2. The van der Waals surface area contributed by atoms with Gasteiger partial charge in [-0.1, -0.05) is 48.5 Å². The van der Waals surface area contributed by atoms with Crippen molar-refractivity contribution in [2.45, 2.75) is 95.2 Å². The minimum absolute atomic E-state index is 0.259. The molecule has 3 aliphatic rings. The highest BCUT2D eigenvalue weighted by Crippen LogP contribution is 2.37. The molecular weight excluding hydrogens is 919 g/mol. The van der Waals surface area contributed by atoms with Crippen LogP contribution in [0.3, 0.4) is 0 Å². The molecule has 5 N–H and O–H groups in total. The maximum absolute atomic E-state index is 13.8. The second kappa shape index (κ2) is 21.9. The van der Waals surface area contributed by atoms with Crippen LogP contribution in [0.2, 0.25) is 0 Å². The van der Waals surface area contributed by atoms with E-state index in [0.717, 1.165) is 102 Å². The van der Waals surface area contributed by atoms with Crippen molar-refractivity contribution in [1.29, 1.82) is 0 Å². The molecule has 378 valence electrons. The number of amides is 4. The van der Waals surface area contributed by atoms with Crippen molar-refractivity contribution in [3.63, 3.8) is 0 Å². The number of carbonyl (C=O) groups is 4. The number of methoxy groups -OCH3 is 3. The number of ether oxygens (including phenoxy) is 3. The quantitative estimate of drug-likeness (QED) is 0.0628. The van der Waals surface area contributed by atoms with Gasteiger partial charge in [-0.3, -0.25) is 9.59 Å². The lowest BCUT2D eigenvalue weighted by Gasteiger charge is -2.30. The molecule has 3 fully saturated rings. The number of carbonyl (C=O) groups excluding carboxylic acids is 3. The summed E-state index contributed by atoms with van der Waals surface area (Å²) in [7, 11) is 4.21. The summed E-state index contributed by atoms with van der Waals surface area (Å²) in [5.41, 5.74) is 8.34. The Balaban J connectivity index is 0.968. The molecule has 6 atom stereocenters. The second-order valence-corrected chi connectivity index (χ2v) is 18.7. The highest BCUT2D eigenvalue weighted by atomic mass is 16.5. The van der Waals surface area contributed by atoms with Gasteiger partial charge in [-0.25, -0.2) is 24.5 Å². The summed E-state index contributed by atoms with van der Waals surface area (Å²) in [6.07, 6.45) is 8.81. The Labute approximate surface area is 418 Å². The number of H-pyrrole nitrogens is 2. The third-order valence-corrected chi connectivity index (χ3v) is 14.4. The molecule has 0 spiro atoms. The number of nitrogens with zero attached hydrogens (tertiary/aromatic N) is 7. The monoisotopic (exact) mass is 981 g/mol. The van der Waals surface area contributed by atoms with E-state index in [9.17, 15) is 24.3 Å². The predicted molar refractivity (Wildman–Crippen MR) is 270 cm³/mol. The SMILES string of the molecule is COC(=O)N[C@H](C(=O)N1CCC[C@H]1c1ncc(-c2ccc(-c3ccc(-c4ccc(-c5cnc([C@@H]6CCCN6C(=O)[C@@H](NC(=O)O)[C@@H](C)OC)[nH]5)cc4)n3-c3ccc(N4CCCCC4)nc3)cc2)[nH]1)[C@@H](C)OC. The first-order chi connectivity index (χ1) is 35.0. The first-order valence-corrected chi connectivity index (χ1v) is 24.7. The molecule has 3 aliphatic heterocycles. The van der Waals surface area contributed by atoms with Crippen LogP contribution in [-0.4, -0.2) is 140 Å². The van der Waals surface area contributed by atoms with Crippen molar-refractivity contribution >= 4 is 29.8 Å². The number of hydrogen-bond acceptors (Lipinski definition) is 11. The van der Waals surface area contributed by atoms with Crippen molar-refractivity contribution < 1.29 is 38.5 Å². The number of anilines is 1. The summed E-state index contributed by atoms with van der Waals surface area (Å²) in [5, 5.41) is 14.4. The van der Waals surface area contributed by atoms with Crippen LogP contribution >= 0.6 is 0 Å². The summed E-state index contributed by atoms with van der Waals surface area (Å²) in [6.45, 7) is 6.40. The number of hydrogen-bond donors (Lipinski definition) is 5. The molecule has 6 aromatic rings. The fourth-order valence-corrected chi connectivity index (χ4v) is 10.3. The minimum Gasteiger partial charge on any atom is -0.465 e. The first-order valence-electron chi connectivity index (χ1n) is 24.7. The van der Waals surface area contributed by atoms with Gasteiger partial charge in [0.2, 0.25) is 11.8 Å². The molecule has 0 unspecified atom stereocenters. The van der Waals surface area contributed by atoms with E-state index in [1.54, 1.807) is 36.0 Å². The molecule has 0 aliphatic carbocycles.